The van der Waals surface area contributed by atoms with Crippen LogP contribution in [0.2, 0.25) is 0 Å². The van der Waals surface area contributed by atoms with Gasteiger partial charge in [0.05, 0.1) is 6.54 Å². The van der Waals surface area contributed by atoms with E-state index >= 15 is 0 Å². The van der Waals surface area contributed by atoms with Gasteiger partial charge in [-0.1, -0.05) is 66.7 Å². The molecule has 166 valence electrons. The lowest BCUT2D eigenvalue weighted by Crippen LogP contribution is -2.33. The zero-order valence-corrected chi connectivity index (χ0v) is 19.0. The highest BCUT2D eigenvalue weighted by Gasteiger charge is 2.22. The molecule has 0 radical (unpaired) electrons. The van der Waals surface area contributed by atoms with Crippen molar-refractivity contribution >= 4 is 29.6 Å². The second kappa shape index (κ2) is 9.82. The molecule has 0 spiro atoms. The van der Waals surface area contributed by atoms with Crippen molar-refractivity contribution in [2.45, 2.75) is 25.7 Å². The van der Waals surface area contributed by atoms with Crippen molar-refractivity contribution in [3.05, 3.63) is 95.3 Å². The van der Waals surface area contributed by atoms with Gasteiger partial charge in [-0.2, -0.15) is 0 Å². The fourth-order valence-electron chi connectivity index (χ4n) is 4.40. The molecule has 0 saturated carbocycles. The van der Waals surface area contributed by atoms with Gasteiger partial charge in [-0.3, -0.25) is 4.99 Å². The molecule has 2 aliphatic rings. The van der Waals surface area contributed by atoms with Gasteiger partial charge >= 0.3 is 0 Å². The highest BCUT2D eigenvalue weighted by Crippen LogP contribution is 2.30. The maximum Gasteiger partial charge on any atom is 0.156 e. The third-order valence-corrected chi connectivity index (χ3v) is 6.18. The van der Waals surface area contributed by atoms with Crippen LogP contribution in [0.3, 0.4) is 0 Å². The minimum Gasteiger partial charge on any atom is -0.356 e. The molecular weight excluding hydrogens is 406 g/mol. The lowest BCUT2D eigenvalue weighted by molar-refractivity contribution is 0.502. The van der Waals surface area contributed by atoms with Gasteiger partial charge < -0.3 is 10.2 Å². The summed E-state index contributed by atoms with van der Waals surface area (Å²) in [5.74, 6) is 3.91. The van der Waals surface area contributed by atoms with Crippen LogP contribution < -0.4 is 10.2 Å². The van der Waals surface area contributed by atoms with Crippen LogP contribution in [0.4, 0.5) is 11.6 Å². The summed E-state index contributed by atoms with van der Waals surface area (Å²) < 4.78 is 0. The molecule has 1 N–H and O–H groups in total. The lowest BCUT2D eigenvalue weighted by Gasteiger charge is -2.33. The number of nitrogens with zero attached hydrogens (tertiary/aromatic N) is 4. The van der Waals surface area contributed by atoms with E-state index in [1.807, 2.05) is 30.3 Å². The number of anilines is 2. The molecule has 1 fully saturated rings. The average molecular weight is 436 g/mol. The third-order valence-electron chi connectivity index (χ3n) is 6.18. The number of nitrogens with one attached hydrogen (secondary N) is 1. The van der Waals surface area contributed by atoms with Gasteiger partial charge in [0.2, 0.25) is 0 Å². The third kappa shape index (κ3) is 5.37. The fourth-order valence-corrected chi connectivity index (χ4v) is 4.40. The molecule has 0 unspecified atom stereocenters. The Balaban J connectivity index is 1.37. The Morgan fingerprint density at radius 1 is 0.909 bits per heavy atom. The van der Waals surface area contributed by atoms with Gasteiger partial charge in [0, 0.05) is 19.2 Å². The van der Waals surface area contributed by atoms with Gasteiger partial charge in [-0.15, -0.1) is 0 Å². The van der Waals surface area contributed by atoms with Crippen LogP contribution in [0.5, 0.6) is 0 Å². The number of aliphatic imine (C=N–C) groups is 1. The summed E-state index contributed by atoms with van der Waals surface area (Å²) in [6.45, 7) is 4.80. The summed E-state index contributed by atoms with van der Waals surface area (Å²) in [6, 6.07) is 23.2. The van der Waals surface area contributed by atoms with Gasteiger partial charge in [-0.25, -0.2) is 9.97 Å². The van der Waals surface area contributed by atoms with E-state index in [1.54, 1.807) is 0 Å². The highest BCUT2D eigenvalue weighted by molar-refractivity contribution is 6.05. The molecule has 5 rings (SSSR count). The van der Waals surface area contributed by atoms with Crippen molar-refractivity contribution in [2.75, 3.05) is 29.9 Å². The Kier molecular flexibility index (Phi) is 6.29. The molecule has 0 amide bonds. The van der Waals surface area contributed by atoms with Crippen molar-refractivity contribution < 1.29 is 0 Å². The van der Waals surface area contributed by atoms with Crippen LogP contribution >= 0.6 is 0 Å². The molecule has 0 bridgehead atoms. The molecule has 3 heterocycles. The van der Waals surface area contributed by atoms with Gasteiger partial charge in [0.15, 0.2) is 5.82 Å². The van der Waals surface area contributed by atoms with Crippen LogP contribution in [-0.2, 0) is 0 Å². The summed E-state index contributed by atoms with van der Waals surface area (Å²) in [7, 11) is 0. The number of benzene rings is 2. The smallest absolute Gasteiger partial charge is 0.156 e. The zero-order valence-electron chi connectivity index (χ0n) is 19.0. The van der Waals surface area contributed by atoms with Crippen LogP contribution in [0.15, 0.2) is 83.4 Å². The van der Waals surface area contributed by atoms with E-state index in [0.29, 0.717) is 11.7 Å². The monoisotopic (exact) mass is 435 g/mol. The summed E-state index contributed by atoms with van der Waals surface area (Å²) in [6.07, 6.45) is 8.37. The first kappa shape index (κ1) is 21.1. The maximum atomic E-state index is 4.89. The number of amidine groups is 1. The summed E-state index contributed by atoms with van der Waals surface area (Å²) in [5, 5.41) is 3.39. The molecule has 0 aliphatic carbocycles. The standard InChI is InChI=1S/C28H29N5/c1-21-18-26(29-20-21)31-27-19-28(32-25(30-27)13-12-22-8-4-2-5-9-22)33-16-14-24(15-17-33)23-10-6-3-7-11-23/h2-13,18-19,24H,14-17,20H2,1H3,(H,29,30,31,32)/b13-12+. The molecule has 0 atom stereocenters. The van der Waals surface area contributed by atoms with Crippen LogP contribution in [0.25, 0.3) is 12.2 Å². The van der Waals surface area contributed by atoms with Crippen LogP contribution in [0, 0.1) is 0 Å². The Morgan fingerprint density at radius 2 is 1.64 bits per heavy atom. The van der Waals surface area contributed by atoms with Crippen molar-refractivity contribution in [3.63, 3.8) is 0 Å². The highest BCUT2D eigenvalue weighted by atomic mass is 15.2. The second-order valence-corrected chi connectivity index (χ2v) is 8.70. The van der Waals surface area contributed by atoms with Gasteiger partial charge in [0.1, 0.15) is 17.5 Å². The van der Waals surface area contributed by atoms with E-state index in [2.05, 4.69) is 76.7 Å². The van der Waals surface area contributed by atoms with Crippen LogP contribution in [0.1, 0.15) is 42.6 Å². The number of hydrogen-bond donors (Lipinski definition) is 1. The van der Waals surface area contributed by atoms with E-state index in [9.17, 15) is 0 Å². The van der Waals surface area contributed by atoms with E-state index in [1.165, 1.54) is 11.1 Å². The van der Waals surface area contributed by atoms with Gasteiger partial charge in [0.25, 0.3) is 0 Å². The molecule has 2 aliphatic heterocycles. The van der Waals surface area contributed by atoms with E-state index < -0.39 is 0 Å². The average Bonchev–Trinajstić information content (AvgIpc) is 3.28. The lowest BCUT2D eigenvalue weighted by atomic mass is 9.89. The molecule has 5 heteroatoms. The number of rotatable bonds is 5. The quantitative estimate of drug-likeness (QED) is 0.550. The minimum absolute atomic E-state index is 0.611. The topological polar surface area (TPSA) is 53.4 Å². The summed E-state index contributed by atoms with van der Waals surface area (Å²) >= 11 is 0. The van der Waals surface area contributed by atoms with Gasteiger partial charge in [-0.05, 0) is 54.5 Å². The minimum atomic E-state index is 0.611. The maximum absolute atomic E-state index is 4.89. The normalized spacial score (nSPS) is 16.7. The first-order chi connectivity index (χ1) is 16.2. The predicted molar refractivity (Wildman–Crippen MR) is 138 cm³/mol. The zero-order chi connectivity index (χ0) is 22.5. The SMILES string of the molecule is CC1=CC(Nc2cc(N3CCC(c4ccccc4)CC3)nc(/C=C/c3ccccc3)n2)=NC1. The van der Waals surface area contributed by atoms with E-state index in [-0.39, 0.29) is 0 Å². The predicted octanol–water partition coefficient (Wildman–Crippen LogP) is 5.80. The first-order valence-corrected chi connectivity index (χ1v) is 11.6. The number of hydrogen-bond acceptors (Lipinski definition) is 5. The Labute approximate surface area is 195 Å². The van der Waals surface area contributed by atoms with E-state index in [4.69, 9.17) is 9.97 Å². The van der Waals surface area contributed by atoms with Crippen molar-refractivity contribution in [3.8, 4) is 0 Å². The summed E-state index contributed by atoms with van der Waals surface area (Å²) in [4.78, 5) is 16.6. The second-order valence-electron chi connectivity index (χ2n) is 8.70. The molecule has 33 heavy (non-hydrogen) atoms. The molecule has 3 aromatic rings. The van der Waals surface area contributed by atoms with Crippen LogP contribution in [-0.4, -0.2) is 35.4 Å². The molecule has 1 saturated heterocycles. The summed E-state index contributed by atoms with van der Waals surface area (Å²) in [5.41, 5.74) is 3.82. The number of piperidine rings is 1. The molecule has 5 nitrogen and oxygen atoms in total. The van der Waals surface area contributed by atoms with Crippen molar-refractivity contribution in [2.24, 2.45) is 4.99 Å². The molecule has 1 aromatic heterocycles. The molecule has 2 aromatic carbocycles. The fraction of sp³-hybridized carbons (Fsp3) is 0.250. The Bertz CT molecular complexity index is 1170. The first-order valence-electron chi connectivity index (χ1n) is 11.6. The van der Waals surface area contributed by atoms with Crippen molar-refractivity contribution in [1.29, 1.82) is 0 Å². The number of aromatic nitrogens is 2. The Hall–Kier alpha value is -3.73. The largest absolute Gasteiger partial charge is 0.356 e. The van der Waals surface area contributed by atoms with E-state index in [0.717, 1.165) is 55.5 Å². The Morgan fingerprint density at radius 3 is 2.33 bits per heavy atom. The molecular formula is C28H29N5. The van der Waals surface area contributed by atoms with Crippen molar-refractivity contribution in [1.82, 2.24) is 9.97 Å².